The van der Waals surface area contributed by atoms with E-state index < -0.39 is 0 Å². The molecule has 0 radical (unpaired) electrons. The average molecular weight is 242 g/mol. The van der Waals surface area contributed by atoms with E-state index in [1.807, 2.05) is 13.0 Å². The smallest absolute Gasteiger partial charge is 0.248 e. The molecule has 92 valence electrons. The molecule has 1 heterocycles. The Bertz CT molecular complexity index is 571. The number of amides is 1. The third-order valence-corrected chi connectivity index (χ3v) is 2.46. The number of nitrogens with one attached hydrogen (secondary N) is 1. The van der Waals surface area contributed by atoms with E-state index in [-0.39, 0.29) is 5.91 Å². The second kappa shape index (κ2) is 5.23. The Balaban J connectivity index is 2.05. The van der Waals surface area contributed by atoms with Gasteiger partial charge >= 0.3 is 0 Å². The molecular weight excluding hydrogens is 228 g/mol. The van der Waals surface area contributed by atoms with Gasteiger partial charge in [-0.15, -0.1) is 0 Å². The number of carbonyl (C=O) groups excluding carboxylic acids is 1. The molecule has 0 saturated heterocycles. The van der Waals surface area contributed by atoms with Crippen LogP contribution >= 0.6 is 0 Å². The van der Waals surface area contributed by atoms with Crippen LogP contribution in [0.25, 0.3) is 6.08 Å². The van der Waals surface area contributed by atoms with Gasteiger partial charge in [0.1, 0.15) is 5.76 Å². The van der Waals surface area contributed by atoms with Gasteiger partial charge in [0, 0.05) is 17.5 Å². The van der Waals surface area contributed by atoms with Crippen molar-refractivity contribution in [2.24, 2.45) is 0 Å². The van der Waals surface area contributed by atoms with E-state index in [1.54, 1.807) is 36.6 Å². The van der Waals surface area contributed by atoms with Crippen LogP contribution < -0.4 is 11.1 Å². The first-order chi connectivity index (χ1) is 8.65. The number of aryl methyl sites for hydroxylation is 1. The Labute approximate surface area is 105 Å². The van der Waals surface area contributed by atoms with Gasteiger partial charge in [-0.2, -0.15) is 0 Å². The lowest BCUT2D eigenvalue weighted by molar-refractivity contribution is -0.111. The van der Waals surface area contributed by atoms with Crippen molar-refractivity contribution in [3.05, 3.63) is 54.0 Å². The van der Waals surface area contributed by atoms with Gasteiger partial charge in [-0.25, -0.2) is 0 Å². The first-order valence-electron chi connectivity index (χ1n) is 5.54. The molecule has 0 atom stereocenters. The molecule has 1 aromatic carbocycles. The normalized spacial score (nSPS) is 10.7. The van der Waals surface area contributed by atoms with Gasteiger partial charge in [-0.3, -0.25) is 4.79 Å². The van der Waals surface area contributed by atoms with Gasteiger partial charge in [0.05, 0.1) is 6.26 Å². The summed E-state index contributed by atoms with van der Waals surface area (Å²) in [5.41, 5.74) is 7.96. The second-order valence-electron chi connectivity index (χ2n) is 3.91. The standard InChI is InChI=1S/C14H14N2O2/c1-10-4-5-11(15)9-13(10)16-14(17)7-6-12-3-2-8-18-12/h2-9H,15H2,1H3,(H,16,17)/b7-6+. The highest BCUT2D eigenvalue weighted by molar-refractivity contribution is 6.02. The van der Waals surface area contributed by atoms with Crippen molar-refractivity contribution in [2.45, 2.75) is 6.92 Å². The van der Waals surface area contributed by atoms with Crippen LogP contribution in [0.3, 0.4) is 0 Å². The van der Waals surface area contributed by atoms with Crippen LogP contribution in [0.1, 0.15) is 11.3 Å². The van der Waals surface area contributed by atoms with E-state index in [4.69, 9.17) is 10.2 Å². The molecule has 2 rings (SSSR count). The largest absolute Gasteiger partial charge is 0.465 e. The number of rotatable bonds is 3. The first kappa shape index (κ1) is 12.0. The molecule has 2 aromatic rings. The van der Waals surface area contributed by atoms with E-state index in [2.05, 4.69) is 5.32 Å². The van der Waals surface area contributed by atoms with Gasteiger partial charge in [0.25, 0.3) is 0 Å². The fraction of sp³-hybridized carbons (Fsp3) is 0.0714. The zero-order valence-electron chi connectivity index (χ0n) is 10.0. The van der Waals surface area contributed by atoms with Crippen molar-refractivity contribution in [2.75, 3.05) is 11.1 Å². The van der Waals surface area contributed by atoms with Crippen LogP contribution in [0.15, 0.2) is 47.1 Å². The van der Waals surface area contributed by atoms with E-state index in [0.29, 0.717) is 17.1 Å². The number of hydrogen-bond acceptors (Lipinski definition) is 3. The van der Waals surface area contributed by atoms with Gasteiger partial charge in [0.15, 0.2) is 0 Å². The Hall–Kier alpha value is -2.49. The number of benzene rings is 1. The number of nitrogen functional groups attached to an aromatic ring is 1. The molecule has 0 aliphatic heterocycles. The highest BCUT2D eigenvalue weighted by Gasteiger charge is 2.02. The number of furan rings is 1. The monoisotopic (exact) mass is 242 g/mol. The lowest BCUT2D eigenvalue weighted by Crippen LogP contribution is -2.09. The minimum atomic E-state index is -0.222. The first-order valence-corrected chi connectivity index (χ1v) is 5.54. The maximum absolute atomic E-state index is 11.7. The molecule has 18 heavy (non-hydrogen) atoms. The Morgan fingerprint density at radius 2 is 2.22 bits per heavy atom. The molecule has 0 saturated carbocycles. The lowest BCUT2D eigenvalue weighted by atomic mass is 10.2. The quantitative estimate of drug-likeness (QED) is 0.642. The predicted molar refractivity (Wildman–Crippen MR) is 72.0 cm³/mol. The Morgan fingerprint density at radius 1 is 1.39 bits per heavy atom. The van der Waals surface area contributed by atoms with Crippen molar-refractivity contribution in [1.29, 1.82) is 0 Å². The number of anilines is 2. The van der Waals surface area contributed by atoms with Crippen LogP contribution in [0.5, 0.6) is 0 Å². The third kappa shape index (κ3) is 3.01. The summed E-state index contributed by atoms with van der Waals surface area (Å²) in [6.45, 7) is 1.91. The molecule has 0 fully saturated rings. The molecule has 1 aromatic heterocycles. The summed E-state index contributed by atoms with van der Waals surface area (Å²) in [6, 6.07) is 8.92. The van der Waals surface area contributed by atoms with E-state index in [0.717, 1.165) is 5.56 Å². The molecule has 3 N–H and O–H groups in total. The summed E-state index contributed by atoms with van der Waals surface area (Å²) < 4.78 is 5.09. The van der Waals surface area contributed by atoms with Gasteiger partial charge < -0.3 is 15.5 Å². The summed E-state index contributed by atoms with van der Waals surface area (Å²) in [7, 11) is 0. The average Bonchev–Trinajstić information content (AvgIpc) is 2.84. The zero-order valence-corrected chi connectivity index (χ0v) is 10.0. The topological polar surface area (TPSA) is 68.3 Å². The van der Waals surface area contributed by atoms with Crippen molar-refractivity contribution in [3.63, 3.8) is 0 Å². The molecule has 0 aliphatic carbocycles. The summed E-state index contributed by atoms with van der Waals surface area (Å²) in [6.07, 6.45) is 4.58. The van der Waals surface area contributed by atoms with E-state index in [1.165, 1.54) is 6.08 Å². The number of hydrogen-bond donors (Lipinski definition) is 2. The van der Waals surface area contributed by atoms with Crippen molar-refractivity contribution < 1.29 is 9.21 Å². The maximum Gasteiger partial charge on any atom is 0.248 e. The molecule has 0 unspecified atom stereocenters. The van der Waals surface area contributed by atoms with Crippen LogP contribution in [0.2, 0.25) is 0 Å². The Morgan fingerprint density at radius 3 is 2.94 bits per heavy atom. The highest BCUT2D eigenvalue weighted by Crippen LogP contribution is 2.18. The summed E-state index contributed by atoms with van der Waals surface area (Å²) in [5.74, 6) is 0.412. The fourth-order valence-corrected chi connectivity index (χ4v) is 1.49. The minimum absolute atomic E-state index is 0.222. The van der Waals surface area contributed by atoms with Gasteiger partial charge in [-0.05, 0) is 42.8 Å². The van der Waals surface area contributed by atoms with Gasteiger partial charge in [-0.1, -0.05) is 6.07 Å². The molecule has 0 spiro atoms. The number of carbonyl (C=O) groups is 1. The molecule has 4 heteroatoms. The van der Waals surface area contributed by atoms with Crippen molar-refractivity contribution >= 4 is 23.4 Å². The summed E-state index contributed by atoms with van der Waals surface area (Å²) in [5, 5.41) is 2.77. The van der Waals surface area contributed by atoms with Gasteiger partial charge in [0.2, 0.25) is 5.91 Å². The van der Waals surface area contributed by atoms with Crippen LogP contribution in [-0.2, 0) is 4.79 Å². The molecule has 1 amide bonds. The minimum Gasteiger partial charge on any atom is -0.465 e. The van der Waals surface area contributed by atoms with E-state index in [9.17, 15) is 4.79 Å². The summed E-state index contributed by atoms with van der Waals surface area (Å²) >= 11 is 0. The van der Waals surface area contributed by atoms with Crippen molar-refractivity contribution in [1.82, 2.24) is 0 Å². The summed E-state index contributed by atoms with van der Waals surface area (Å²) in [4.78, 5) is 11.7. The van der Waals surface area contributed by atoms with Crippen LogP contribution in [-0.4, -0.2) is 5.91 Å². The Kier molecular flexibility index (Phi) is 3.48. The third-order valence-electron chi connectivity index (χ3n) is 2.46. The molecule has 0 bridgehead atoms. The lowest BCUT2D eigenvalue weighted by Gasteiger charge is -2.06. The second-order valence-corrected chi connectivity index (χ2v) is 3.91. The maximum atomic E-state index is 11.7. The molecular formula is C14H14N2O2. The van der Waals surface area contributed by atoms with Crippen molar-refractivity contribution in [3.8, 4) is 0 Å². The number of nitrogens with two attached hydrogens (primary N) is 1. The van der Waals surface area contributed by atoms with Crippen LogP contribution in [0.4, 0.5) is 11.4 Å². The van der Waals surface area contributed by atoms with Crippen LogP contribution in [0, 0.1) is 6.92 Å². The predicted octanol–water partition coefficient (Wildman–Crippen LogP) is 2.82. The SMILES string of the molecule is Cc1ccc(N)cc1NC(=O)/C=C/c1ccco1. The highest BCUT2D eigenvalue weighted by atomic mass is 16.3. The van der Waals surface area contributed by atoms with E-state index >= 15 is 0 Å². The molecule has 4 nitrogen and oxygen atoms in total. The fourth-order valence-electron chi connectivity index (χ4n) is 1.49. The molecule has 0 aliphatic rings. The zero-order chi connectivity index (χ0) is 13.0.